The Kier molecular flexibility index (Phi) is 10.9. The fraction of sp³-hybridized carbons (Fsp3) is 0.419. The Morgan fingerprint density at radius 1 is 0.913 bits per heavy atom. The molecule has 15 heteroatoms. The number of thiophene rings is 1. The third-order valence-corrected chi connectivity index (χ3v) is 9.08. The van der Waals surface area contributed by atoms with Crippen LogP contribution in [0.2, 0.25) is 5.02 Å². The van der Waals surface area contributed by atoms with E-state index in [-0.39, 0.29) is 77.2 Å². The molecular formula is C31H32ClF2NO10S. The van der Waals surface area contributed by atoms with Gasteiger partial charge >= 0.3 is 11.9 Å². The van der Waals surface area contributed by atoms with Crippen molar-refractivity contribution in [1.82, 2.24) is 4.90 Å². The lowest BCUT2D eigenvalue weighted by molar-refractivity contribution is -0.145. The predicted molar refractivity (Wildman–Crippen MR) is 163 cm³/mol. The molecule has 0 fully saturated rings. The first-order valence-electron chi connectivity index (χ1n) is 14.2. The Labute approximate surface area is 271 Å². The second-order valence-electron chi connectivity index (χ2n) is 10.8. The smallest absolute Gasteiger partial charge is 0.306 e. The molecule has 1 aliphatic rings. The number of halogens is 3. The molecule has 1 aliphatic heterocycles. The summed E-state index contributed by atoms with van der Waals surface area (Å²) in [6, 6.07) is 2.86. The van der Waals surface area contributed by atoms with Crippen molar-refractivity contribution in [2.45, 2.75) is 46.2 Å². The standard InChI is InChI=1S/C31H32ClF2NO10S/c1-14(30(38)39)8-19(36)21-11-17-24(33)28(27(43-4)25(34)29(17)46-21)45-7-5-6-44-20-10-16-12-35(22(37)9-15(2)31(40)41)13-18(16)23(32)26(20)42-3/h10-11,14-15H,5-9,12-13H2,1-4H3,(H,38,39)(H,40,41). The van der Waals surface area contributed by atoms with Crippen molar-refractivity contribution >= 4 is 56.7 Å². The van der Waals surface area contributed by atoms with Gasteiger partial charge in [0, 0.05) is 37.7 Å². The second-order valence-corrected chi connectivity index (χ2v) is 12.2. The first kappa shape index (κ1) is 34.7. The monoisotopic (exact) mass is 683 g/mol. The van der Waals surface area contributed by atoms with Crippen LogP contribution in [0.25, 0.3) is 10.1 Å². The summed E-state index contributed by atoms with van der Waals surface area (Å²) < 4.78 is 52.6. The van der Waals surface area contributed by atoms with E-state index in [1.165, 1.54) is 31.9 Å². The number of carboxylic acid groups (broad SMARTS) is 2. The number of Topliss-reactive ketones (excluding diaryl/α,β-unsaturated/α-hetero) is 1. The summed E-state index contributed by atoms with van der Waals surface area (Å²) in [4.78, 5) is 49.0. The highest BCUT2D eigenvalue weighted by Crippen LogP contribution is 2.45. The van der Waals surface area contributed by atoms with E-state index in [1.807, 2.05) is 0 Å². The van der Waals surface area contributed by atoms with Gasteiger partial charge in [0.05, 0.1) is 53.9 Å². The summed E-state index contributed by atoms with van der Waals surface area (Å²) in [6.45, 7) is 3.17. The molecule has 0 radical (unpaired) electrons. The summed E-state index contributed by atoms with van der Waals surface area (Å²) in [6.07, 6.45) is -0.270. The number of benzene rings is 2. The molecule has 0 saturated carbocycles. The van der Waals surface area contributed by atoms with Crippen molar-refractivity contribution in [2.75, 3.05) is 27.4 Å². The Morgan fingerprint density at radius 3 is 2.17 bits per heavy atom. The maximum atomic E-state index is 15.5. The van der Waals surface area contributed by atoms with Gasteiger partial charge in [-0.15, -0.1) is 11.3 Å². The predicted octanol–water partition coefficient (Wildman–Crippen LogP) is 5.94. The highest BCUT2D eigenvalue weighted by molar-refractivity contribution is 7.20. The van der Waals surface area contributed by atoms with Gasteiger partial charge in [-0.1, -0.05) is 25.4 Å². The largest absolute Gasteiger partial charge is 0.491 e. The van der Waals surface area contributed by atoms with Crippen LogP contribution < -0.4 is 18.9 Å². The van der Waals surface area contributed by atoms with Crippen LogP contribution >= 0.6 is 22.9 Å². The van der Waals surface area contributed by atoms with E-state index < -0.39 is 52.7 Å². The van der Waals surface area contributed by atoms with Crippen LogP contribution in [-0.4, -0.2) is 66.2 Å². The molecule has 2 aromatic carbocycles. The quantitative estimate of drug-likeness (QED) is 0.146. The number of ether oxygens (including phenoxy) is 4. The van der Waals surface area contributed by atoms with Crippen molar-refractivity contribution in [1.29, 1.82) is 0 Å². The Hall–Kier alpha value is -4.17. The normalized spacial score (nSPS) is 13.7. The highest BCUT2D eigenvalue weighted by atomic mass is 35.5. The topological polar surface area (TPSA) is 149 Å². The number of hydrogen-bond donors (Lipinski definition) is 2. The number of ketones is 1. The maximum Gasteiger partial charge on any atom is 0.306 e. The molecule has 11 nitrogen and oxygen atoms in total. The number of carboxylic acids is 2. The van der Waals surface area contributed by atoms with Crippen LogP contribution in [0.1, 0.15) is 53.9 Å². The van der Waals surface area contributed by atoms with E-state index >= 15 is 8.78 Å². The number of methoxy groups -OCH3 is 2. The van der Waals surface area contributed by atoms with Crippen LogP contribution in [0.15, 0.2) is 12.1 Å². The van der Waals surface area contributed by atoms with Gasteiger partial charge in [-0.05, 0) is 23.3 Å². The lowest BCUT2D eigenvalue weighted by atomic mass is 10.0. The molecule has 1 aromatic heterocycles. The first-order valence-corrected chi connectivity index (χ1v) is 15.4. The van der Waals surface area contributed by atoms with Crippen molar-refractivity contribution in [3.8, 4) is 23.0 Å². The van der Waals surface area contributed by atoms with Crippen molar-refractivity contribution < 1.29 is 57.1 Å². The molecule has 2 N–H and O–H groups in total. The molecule has 248 valence electrons. The number of carbonyl (C=O) groups is 4. The molecule has 2 atom stereocenters. The first-order chi connectivity index (χ1) is 21.8. The average Bonchev–Trinajstić information content (AvgIpc) is 3.65. The van der Waals surface area contributed by atoms with Gasteiger partial charge in [0.2, 0.25) is 17.4 Å². The number of carbonyl (C=O) groups excluding carboxylic acids is 2. The summed E-state index contributed by atoms with van der Waals surface area (Å²) in [7, 11) is 2.56. The molecule has 0 spiro atoms. The summed E-state index contributed by atoms with van der Waals surface area (Å²) in [5.74, 6) is -7.16. The van der Waals surface area contributed by atoms with Crippen molar-refractivity contribution in [3.05, 3.63) is 44.8 Å². The Balaban J connectivity index is 1.43. The van der Waals surface area contributed by atoms with Gasteiger partial charge in [0.1, 0.15) is 0 Å². The lowest BCUT2D eigenvalue weighted by Crippen LogP contribution is -2.28. The number of amides is 1. The summed E-state index contributed by atoms with van der Waals surface area (Å²) in [5.41, 5.74) is 1.38. The molecule has 0 bridgehead atoms. The van der Waals surface area contributed by atoms with E-state index in [2.05, 4.69) is 0 Å². The van der Waals surface area contributed by atoms with Gasteiger partial charge in [0.15, 0.2) is 28.9 Å². The van der Waals surface area contributed by atoms with E-state index in [0.29, 0.717) is 22.6 Å². The van der Waals surface area contributed by atoms with Gasteiger partial charge in [-0.3, -0.25) is 19.2 Å². The van der Waals surface area contributed by atoms with Crippen LogP contribution in [0.5, 0.6) is 23.0 Å². The third-order valence-electron chi connectivity index (χ3n) is 7.51. The van der Waals surface area contributed by atoms with Crippen LogP contribution in [-0.2, 0) is 27.5 Å². The fourth-order valence-electron chi connectivity index (χ4n) is 4.89. The molecule has 4 rings (SSSR count). The van der Waals surface area contributed by atoms with Crippen molar-refractivity contribution in [3.63, 3.8) is 0 Å². The zero-order valence-electron chi connectivity index (χ0n) is 25.4. The van der Waals surface area contributed by atoms with E-state index in [1.54, 1.807) is 6.07 Å². The van der Waals surface area contributed by atoms with Crippen LogP contribution in [0, 0.1) is 23.5 Å². The number of fused-ring (bicyclic) bond motifs is 2. The van der Waals surface area contributed by atoms with Gasteiger partial charge in [-0.25, -0.2) is 8.78 Å². The van der Waals surface area contributed by atoms with Crippen LogP contribution in [0.3, 0.4) is 0 Å². The number of aliphatic carboxylic acids is 2. The minimum atomic E-state index is -1.16. The highest BCUT2D eigenvalue weighted by Gasteiger charge is 2.31. The minimum absolute atomic E-state index is 0.0118. The number of hydrogen-bond acceptors (Lipinski definition) is 9. The molecule has 0 aliphatic carbocycles. The number of rotatable bonds is 15. The minimum Gasteiger partial charge on any atom is -0.491 e. The zero-order valence-corrected chi connectivity index (χ0v) is 27.0. The summed E-state index contributed by atoms with van der Waals surface area (Å²) >= 11 is 7.28. The molecule has 0 saturated heterocycles. The fourth-order valence-corrected chi connectivity index (χ4v) is 6.27. The number of nitrogens with zero attached hydrogens (tertiary/aromatic N) is 1. The zero-order chi connectivity index (χ0) is 33.9. The lowest BCUT2D eigenvalue weighted by Gasteiger charge is -2.16. The molecule has 2 heterocycles. The second kappa shape index (κ2) is 14.5. The SMILES string of the molecule is COc1c(OCCCOc2c(OC)c(F)c3sc(C(=O)CC(C)C(=O)O)cc3c2F)cc2c(c1Cl)CN(C(=O)CC(C)C(=O)O)C2. The molecule has 46 heavy (non-hydrogen) atoms. The van der Waals surface area contributed by atoms with Crippen molar-refractivity contribution in [2.24, 2.45) is 11.8 Å². The maximum absolute atomic E-state index is 15.5. The van der Waals surface area contributed by atoms with E-state index in [4.69, 9.17) is 40.8 Å². The van der Waals surface area contributed by atoms with Gasteiger partial charge < -0.3 is 34.1 Å². The molecule has 3 aromatic rings. The van der Waals surface area contributed by atoms with Gasteiger partial charge in [0.25, 0.3) is 0 Å². The third kappa shape index (κ3) is 7.12. The van der Waals surface area contributed by atoms with E-state index in [0.717, 1.165) is 12.7 Å². The molecule has 2 unspecified atom stereocenters. The van der Waals surface area contributed by atoms with E-state index in [9.17, 15) is 19.2 Å². The molecular weight excluding hydrogens is 652 g/mol. The Bertz CT molecular complexity index is 1690. The van der Waals surface area contributed by atoms with Crippen LogP contribution in [0.4, 0.5) is 8.78 Å². The summed E-state index contributed by atoms with van der Waals surface area (Å²) in [5, 5.41) is 18.3. The average molecular weight is 684 g/mol. The Morgan fingerprint density at radius 2 is 1.54 bits per heavy atom. The molecule has 1 amide bonds. The van der Waals surface area contributed by atoms with Gasteiger partial charge in [-0.2, -0.15) is 0 Å².